The van der Waals surface area contributed by atoms with E-state index in [1.807, 2.05) is 18.2 Å². The molecular weight excluding hydrogens is 260 g/mol. The first-order valence-corrected chi connectivity index (χ1v) is 6.53. The molecule has 0 aliphatic carbocycles. The summed E-state index contributed by atoms with van der Waals surface area (Å²) in [5.74, 6) is -0.310. The van der Waals surface area contributed by atoms with Gasteiger partial charge in [0, 0.05) is 18.1 Å². The Labute approximate surface area is 116 Å². The first kappa shape index (κ1) is 13.1. The number of halogens is 2. The van der Waals surface area contributed by atoms with Gasteiger partial charge in [0.1, 0.15) is 17.4 Å². The minimum Gasteiger partial charge on any atom is -0.493 e. The first-order chi connectivity index (χ1) is 9.56. The Morgan fingerprint density at radius 3 is 2.75 bits per heavy atom. The summed E-state index contributed by atoms with van der Waals surface area (Å²) in [6, 6.07) is 7.37. The van der Waals surface area contributed by atoms with Gasteiger partial charge in [-0.15, -0.1) is 0 Å². The average Bonchev–Trinajstić information content (AvgIpc) is 2.89. The van der Waals surface area contributed by atoms with Gasteiger partial charge in [0.15, 0.2) is 0 Å². The fourth-order valence-electron chi connectivity index (χ4n) is 2.50. The molecule has 1 heterocycles. The van der Waals surface area contributed by atoms with E-state index in [4.69, 9.17) is 10.5 Å². The van der Waals surface area contributed by atoms with Crippen LogP contribution in [0.25, 0.3) is 0 Å². The summed E-state index contributed by atoms with van der Waals surface area (Å²) in [5, 5.41) is 0. The predicted molar refractivity (Wildman–Crippen MR) is 72.8 cm³/mol. The van der Waals surface area contributed by atoms with Gasteiger partial charge in [-0.3, -0.25) is 0 Å². The van der Waals surface area contributed by atoms with E-state index in [1.165, 1.54) is 6.07 Å². The number of aryl methyl sites for hydroxylation is 1. The second kappa shape index (κ2) is 4.87. The van der Waals surface area contributed by atoms with Crippen LogP contribution >= 0.6 is 0 Å². The number of hydrogen-bond acceptors (Lipinski definition) is 2. The Balaban J connectivity index is 2.00. The molecule has 2 aromatic carbocycles. The molecule has 1 aliphatic rings. The second-order valence-corrected chi connectivity index (χ2v) is 5.07. The standard InChI is InChI=1S/C16H15F2NO/c1-9-6-12(14(18)8-13(9)17)16(19)11-2-3-15-10(7-11)4-5-20-15/h2-3,6-8,16H,4-5,19H2,1H3. The number of hydrogen-bond donors (Lipinski definition) is 1. The van der Waals surface area contributed by atoms with Crippen molar-refractivity contribution in [3.05, 3.63) is 64.2 Å². The second-order valence-electron chi connectivity index (χ2n) is 5.07. The van der Waals surface area contributed by atoms with Crippen molar-refractivity contribution in [1.82, 2.24) is 0 Å². The van der Waals surface area contributed by atoms with E-state index < -0.39 is 17.7 Å². The van der Waals surface area contributed by atoms with E-state index in [1.54, 1.807) is 6.92 Å². The molecule has 1 atom stereocenters. The molecule has 2 nitrogen and oxygen atoms in total. The molecule has 0 fully saturated rings. The van der Waals surface area contributed by atoms with Crippen LogP contribution < -0.4 is 10.5 Å². The lowest BCUT2D eigenvalue weighted by molar-refractivity contribution is 0.357. The highest BCUT2D eigenvalue weighted by Crippen LogP contribution is 2.31. The summed E-state index contributed by atoms with van der Waals surface area (Å²) in [7, 11) is 0. The van der Waals surface area contributed by atoms with Crippen LogP contribution in [-0.2, 0) is 6.42 Å². The Kier molecular flexibility index (Phi) is 3.18. The van der Waals surface area contributed by atoms with Crippen LogP contribution in [0.3, 0.4) is 0 Å². The van der Waals surface area contributed by atoms with Crippen molar-refractivity contribution in [2.24, 2.45) is 5.73 Å². The zero-order chi connectivity index (χ0) is 14.3. The lowest BCUT2D eigenvalue weighted by Crippen LogP contribution is -2.14. The van der Waals surface area contributed by atoms with Gasteiger partial charge in [-0.25, -0.2) is 8.78 Å². The average molecular weight is 275 g/mol. The highest BCUT2D eigenvalue weighted by molar-refractivity contribution is 5.43. The van der Waals surface area contributed by atoms with Gasteiger partial charge < -0.3 is 10.5 Å². The van der Waals surface area contributed by atoms with Crippen molar-refractivity contribution in [1.29, 1.82) is 0 Å². The molecule has 2 aromatic rings. The van der Waals surface area contributed by atoms with Gasteiger partial charge in [-0.1, -0.05) is 12.1 Å². The van der Waals surface area contributed by atoms with Gasteiger partial charge in [-0.2, -0.15) is 0 Å². The van der Waals surface area contributed by atoms with Crippen LogP contribution in [-0.4, -0.2) is 6.61 Å². The van der Waals surface area contributed by atoms with E-state index in [2.05, 4.69) is 0 Å². The summed E-state index contributed by atoms with van der Waals surface area (Å²) in [6.07, 6.45) is 0.834. The SMILES string of the molecule is Cc1cc(C(N)c2ccc3c(c2)CCO3)c(F)cc1F. The highest BCUT2D eigenvalue weighted by atomic mass is 19.1. The van der Waals surface area contributed by atoms with Crippen molar-refractivity contribution in [2.45, 2.75) is 19.4 Å². The minimum atomic E-state index is -0.614. The molecule has 1 aliphatic heterocycles. The maximum Gasteiger partial charge on any atom is 0.131 e. The van der Waals surface area contributed by atoms with Crippen LogP contribution in [0.1, 0.15) is 28.3 Å². The molecule has 0 bridgehead atoms. The number of benzene rings is 2. The van der Waals surface area contributed by atoms with Crippen LogP contribution in [0, 0.1) is 18.6 Å². The smallest absolute Gasteiger partial charge is 0.131 e. The maximum absolute atomic E-state index is 13.9. The molecule has 104 valence electrons. The van der Waals surface area contributed by atoms with Gasteiger partial charge in [0.25, 0.3) is 0 Å². The molecule has 0 amide bonds. The third-order valence-electron chi connectivity index (χ3n) is 3.69. The van der Waals surface area contributed by atoms with Crippen molar-refractivity contribution < 1.29 is 13.5 Å². The number of ether oxygens (including phenoxy) is 1. The zero-order valence-corrected chi connectivity index (χ0v) is 11.1. The molecular formula is C16H15F2NO. The summed E-state index contributed by atoms with van der Waals surface area (Å²) in [6.45, 7) is 2.26. The van der Waals surface area contributed by atoms with E-state index in [9.17, 15) is 8.78 Å². The Hall–Kier alpha value is -1.94. The third kappa shape index (κ3) is 2.16. The van der Waals surface area contributed by atoms with E-state index in [-0.39, 0.29) is 0 Å². The normalized spacial score (nSPS) is 14.8. The molecule has 20 heavy (non-hydrogen) atoms. The molecule has 0 radical (unpaired) electrons. The fourth-order valence-corrected chi connectivity index (χ4v) is 2.50. The van der Waals surface area contributed by atoms with Crippen LogP contribution in [0.2, 0.25) is 0 Å². The van der Waals surface area contributed by atoms with Gasteiger partial charge in [-0.05, 0) is 35.7 Å². The van der Waals surface area contributed by atoms with Crippen molar-refractivity contribution >= 4 is 0 Å². The molecule has 3 rings (SSSR count). The Morgan fingerprint density at radius 2 is 1.95 bits per heavy atom. The van der Waals surface area contributed by atoms with E-state index >= 15 is 0 Å². The van der Waals surface area contributed by atoms with E-state index in [0.717, 1.165) is 29.4 Å². The lowest BCUT2D eigenvalue weighted by Gasteiger charge is -2.15. The predicted octanol–water partition coefficient (Wildman–Crippen LogP) is 3.26. The molecule has 2 N–H and O–H groups in total. The molecule has 0 saturated heterocycles. The minimum absolute atomic E-state index is 0.308. The lowest BCUT2D eigenvalue weighted by atomic mass is 9.95. The first-order valence-electron chi connectivity index (χ1n) is 6.53. The summed E-state index contributed by atoms with van der Waals surface area (Å²) >= 11 is 0. The van der Waals surface area contributed by atoms with Crippen molar-refractivity contribution in [3.8, 4) is 5.75 Å². The Bertz CT molecular complexity index is 670. The fraction of sp³-hybridized carbons (Fsp3) is 0.250. The summed E-state index contributed by atoms with van der Waals surface area (Å²) in [4.78, 5) is 0. The van der Waals surface area contributed by atoms with Crippen LogP contribution in [0.4, 0.5) is 8.78 Å². The van der Waals surface area contributed by atoms with Crippen molar-refractivity contribution in [3.63, 3.8) is 0 Å². The zero-order valence-electron chi connectivity index (χ0n) is 11.1. The van der Waals surface area contributed by atoms with Crippen LogP contribution in [0.5, 0.6) is 5.75 Å². The van der Waals surface area contributed by atoms with Gasteiger partial charge in [0.2, 0.25) is 0 Å². The maximum atomic E-state index is 13.9. The molecule has 0 saturated carbocycles. The quantitative estimate of drug-likeness (QED) is 0.913. The number of fused-ring (bicyclic) bond motifs is 1. The van der Waals surface area contributed by atoms with Gasteiger partial charge in [0.05, 0.1) is 12.6 Å². The summed E-state index contributed by atoms with van der Waals surface area (Å²) in [5.41, 5.74) is 8.71. The van der Waals surface area contributed by atoms with Gasteiger partial charge >= 0.3 is 0 Å². The Morgan fingerprint density at radius 1 is 1.15 bits per heavy atom. The molecule has 1 unspecified atom stereocenters. The summed E-state index contributed by atoms with van der Waals surface area (Å²) < 4.78 is 32.6. The van der Waals surface area contributed by atoms with E-state index in [0.29, 0.717) is 17.7 Å². The molecule has 0 spiro atoms. The van der Waals surface area contributed by atoms with Crippen LogP contribution in [0.15, 0.2) is 30.3 Å². The van der Waals surface area contributed by atoms with Crippen molar-refractivity contribution in [2.75, 3.05) is 6.61 Å². The topological polar surface area (TPSA) is 35.2 Å². The monoisotopic (exact) mass is 275 g/mol. The largest absolute Gasteiger partial charge is 0.493 e. The number of nitrogens with two attached hydrogens (primary N) is 1. The number of rotatable bonds is 2. The molecule has 4 heteroatoms. The third-order valence-corrected chi connectivity index (χ3v) is 3.69. The highest BCUT2D eigenvalue weighted by Gasteiger charge is 2.19. The molecule has 0 aromatic heterocycles.